The molecule has 1 saturated heterocycles. The van der Waals surface area contributed by atoms with Gasteiger partial charge in [-0.15, -0.1) is 11.6 Å². The van der Waals surface area contributed by atoms with Gasteiger partial charge in [-0.2, -0.15) is 0 Å². The molecule has 0 bridgehead atoms. The van der Waals surface area contributed by atoms with Crippen LogP contribution in [0.2, 0.25) is 0 Å². The summed E-state index contributed by atoms with van der Waals surface area (Å²) in [5.41, 5.74) is 4.26. The van der Waals surface area contributed by atoms with Gasteiger partial charge in [-0.25, -0.2) is 0 Å². The highest BCUT2D eigenvalue weighted by atomic mass is 35.5. The van der Waals surface area contributed by atoms with Crippen LogP contribution < -0.4 is 0 Å². The second kappa shape index (κ2) is 7.18. The first kappa shape index (κ1) is 17.8. The molecule has 1 N–H and O–H groups in total. The van der Waals surface area contributed by atoms with Crippen LogP contribution in [0.15, 0.2) is 35.9 Å². The first-order valence-electron chi connectivity index (χ1n) is 9.34. The Labute approximate surface area is 159 Å². The summed E-state index contributed by atoms with van der Waals surface area (Å²) in [5, 5.41) is 1.08. The number of carbonyl (C=O) groups excluding carboxylic acids is 1. The number of alkyl halides is 1. The highest BCUT2D eigenvalue weighted by molar-refractivity contribution is 6.23. The number of morpholine rings is 1. The minimum atomic E-state index is -0.100. The van der Waals surface area contributed by atoms with Crippen LogP contribution in [0.1, 0.15) is 30.6 Å². The number of rotatable bonds is 3. The van der Waals surface area contributed by atoms with Crippen molar-refractivity contribution in [3.63, 3.8) is 0 Å². The third kappa shape index (κ3) is 3.11. The third-order valence-corrected chi connectivity index (χ3v) is 6.19. The largest absolute Gasteiger partial charge is 0.379 e. The van der Waals surface area contributed by atoms with Gasteiger partial charge in [0.1, 0.15) is 0 Å². The van der Waals surface area contributed by atoms with E-state index in [4.69, 9.17) is 16.3 Å². The van der Waals surface area contributed by atoms with Crippen LogP contribution in [0.3, 0.4) is 0 Å². The van der Waals surface area contributed by atoms with E-state index in [1.165, 1.54) is 10.9 Å². The maximum absolute atomic E-state index is 13.0. The van der Waals surface area contributed by atoms with Crippen LogP contribution in [-0.4, -0.2) is 47.3 Å². The number of H-pyrrole nitrogens is 1. The quantitative estimate of drug-likeness (QED) is 0.828. The Kier molecular flexibility index (Phi) is 4.91. The smallest absolute Gasteiger partial charge is 0.160 e. The fourth-order valence-corrected chi connectivity index (χ4v) is 4.44. The molecule has 138 valence electrons. The lowest BCUT2D eigenvalue weighted by molar-refractivity contribution is -0.117. The minimum absolute atomic E-state index is 0.0729. The summed E-state index contributed by atoms with van der Waals surface area (Å²) in [6.45, 7) is 7.16. The molecule has 1 aliphatic carbocycles. The van der Waals surface area contributed by atoms with Gasteiger partial charge in [-0.3, -0.25) is 9.69 Å². The maximum atomic E-state index is 13.0. The number of nitrogens with zero attached hydrogens (tertiary/aromatic N) is 1. The van der Waals surface area contributed by atoms with Gasteiger partial charge in [-0.1, -0.05) is 31.2 Å². The predicted molar refractivity (Wildman–Crippen MR) is 105 cm³/mol. The van der Waals surface area contributed by atoms with Crippen LogP contribution in [0.5, 0.6) is 0 Å². The van der Waals surface area contributed by atoms with Gasteiger partial charge in [0.15, 0.2) is 5.78 Å². The predicted octanol–water partition coefficient (Wildman–Crippen LogP) is 3.99. The molecule has 1 fully saturated rings. The van der Waals surface area contributed by atoms with Gasteiger partial charge >= 0.3 is 0 Å². The molecule has 0 radical (unpaired) electrons. The van der Waals surface area contributed by atoms with Crippen molar-refractivity contribution in [1.29, 1.82) is 0 Å². The average Bonchev–Trinajstić information content (AvgIpc) is 2.97. The fourth-order valence-electron chi connectivity index (χ4n) is 4.22. The van der Waals surface area contributed by atoms with Crippen molar-refractivity contribution in [3.05, 3.63) is 47.2 Å². The first-order valence-corrected chi connectivity index (χ1v) is 9.78. The number of hydrogen-bond donors (Lipinski definition) is 1. The Morgan fingerprint density at radius 3 is 2.77 bits per heavy atom. The monoisotopic (exact) mass is 372 g/mol. The molecule has 1 aromatic heterocycles. The number of carbonyl (C=O) groups is 1. The van der Waals surface area contributed by atoms with Crippen molar-refractivity contribution >= 4 is 28.3 Å². The number of benzene rings is 1. The second-order valence-corrected chi connectivity index (χ2v) is 7.94. The molecular weight excluding hydrogens is 348 g/mol. The Morgan fingerprint density at radius 1 is 1.27 bits per heavy atom. The van der Waals surface area contributed by atoms with Crippen molar-refractivity contribution in [2.75, 3.05) is 26.3 Å². The van der Waals surface area contributed by atoms with Gasteiger partial charge in [0, 0.05) is 47.2 Å². The van der Waals surface area contributed by atoms with Crippen molar-refractivity contribution < 1.29 is 9.53 Å². The highest BCUT2D eigenvalue weighted by Crippen LogP contribution is 2.40. The number of aromatic nitrogens is 1. The zero-order valence-corrected chi connectivity index (χ0v) is 16.1. The molecule has 3 unspecified atom stereocenters. The standard InChI is InChI=1S/C21H25ClN2O2/c1-13-11-19(25)16(12-17(13)22)21(24-7-9-26-10-8-24)20-14(2)23-18-6-4-3-5-15(18)20/h3-6,12-13,17,21,23H,7-11H2,1-2H3. The summed E-state index contributed by atoms with van der Waals surface area (Å²) >= 11 is 6.55. The molecule has 5 heteroatoms. The summed E-state index contributed by atoms with van der Waals surface area (Å²) in [4.78, 5) is 18.8. The van der Waals surface area contributed by atoms with E-state index in [2.05, 4.69) is 35.0 Å². The van der Waals surface area contributed by atoms with Crippen molar-refractivity contribution in [1.82, 2.24) is 9.88 Å². The normalized spacial score (nSPS) is 26.1. The number of ketones is 1. The summed E-state index contributed by atoms with van der Waals surface area (Å²) in [6.07, 6.45) is 2.52. The number of ether oxygens (including phenoxy) is 1. The van der Waals surface area contributed by atoms with E-state index < -0.39 is 0 Å². The number of allylic oxidation sites excluding steroid dienone is 1. The molecule has 26 heavy (non-hydrogen) atoms. The molecule has 1 aliphatic heterocycles. The molecule has 0 spiro atoms. The lowest BCUT2D eigenvalue weighted by Crippen LogP contribution is -2.42. The van der Waals surface area contributed by atoms with E-state index in [1.807, 2.05) is 19.1 Å². The van der Waals surface area contributed by atoms with E-state index >= 15 is 0 Å². The molecule has 2 aromatic rings. The number of para-hydroxylation sites is 1. The molecule has 2 aliphatic rings. The van der Waals surface area contributed by atoms with Crippen LogP contribution in [0.25, 0.3) is 10.9 Å². The average molecular weight is 373 g/mol. The van der Waals surface area contributed by atoms with Gasteiger partial charge in [0.25, 0.3) is 0 Å². The summed E-state index contributed by atoms with van der Waals surface area (Å²) in [6, 6.07) is 8.24. The minimum Gasteiger partial charge on any atom is -0.379 e. The van der Waals surface area contributed by atoms with Crippen LogP contribution in [0, 0.1) is 12.8 Å². The number of Topliss-reactive ketones (excluding diaryl/α,β-unsaturated/α-hetero) is 1. The Morgan fingerprint density at radius 2 is 2.00 bits per heavy atom. The number of nitrogens with one attached hydrogen (secondary N) is 1. The maximum Gasteiger partial charge on any atom is 0.160 e. The summed E-state index contributed by atoms with van der Waals surface area (Å²) in [5.74, 6) is 0.401. The zero-order valence-electron chi connectivity index (χ0n) is 15.3. The van der Waals surface area contributed by atoms with E-state index in [-0.39, 0.29) is 23.1 Å². The molecular formula is C21H25ClN2O2. The van der Waals surface area contributed by atoms with Crippen molar-refractivity contribution in [2.45, 2.75) is 31.7 Å². The van der Waals surface area contributed by atoms with E-state index in [0.717, 1.165) is 29.9 Å². The van der Waals surface area contributed by atoms with E-state index in [0.29, 0.717) is 19.6 Å². The van der Waals surface area contributed by atoms with Crippen molar-refractivity contribution in [3.8, 4) is 0 Å². The first-order chi connectivity index (χ1) is 12.6. The van der Waals surface area contributed by atoms with Gasteiger partial charge in [0.05, 0.1) is 24.6 Å². The SMILES string of the molecule is Cc1[nH]c2ccccc2c1C(C1=CC(Cl)C(C)CC1=O)N1CCOCC1. The number of hydrogen-bond acceptors (Lipinski definition) is 3. The summed E-state index contributed by atoms with van der Waals surface area (Å²) < 4.78 is 5.56. The lowest BCUT2D eigenvalue weighted by atomic mass is 9.82. The highest BCUT2D eigenvalue weighted by Gasteiger charge is 2.36. The van der Waals surface area contributed by atoms with Crippen molar-refractivity contribution in [2.24, 2.45) is 5.92 Å². The Bertz CT molecular complexity index is 851. The third-order valence-electron chi connectivity index (χ3n) is 5.63. The lowest BCUT2D eigenvalue weighted by Gasteiger charge is -2.38. The van der Waals surface area contributed by atoms with E-state index in [1.54, 1.807) is 0 Å². The Hall–Kier alpha value is -1.62. The van der Waals surface area contributed by atoms with Gasteiger partial charge < -0.3 is 9.72 Å². The zero-order chi connectivity index (χ0) is 18.3. The van der Waals surface area contributed by atoms with Crippen LogP contribution >= 0.6 is 11.6 Å². The van der Waals surface area contributed by atoms with Crippen LogP contribution in [-0.2, 0) is 9.53 Å². The van der Waals surface area contributed by atoms with Crippen LogP contribution in [0.4, 0.5) is 0 Å². The number of halogens is 1. The molecule has 0 amide bonds. The van der Waals surface area contributed by atoms with Gasteiger partial charge in [0.2, 0.25) is 0 Å². The Balaban J connectivity index is 1.87. The molecule has 3 atom stereocenters. The van der Waals surface area contributed by atoms with E-state index in [9.17, 15) is 4.79 Å². The molecule has 0 saturated carbocycles. The fraction of sp³-hybridized carbons (Fsp3) is 0.476. The molecule has 1 aromatic carbocycles. The summed E-state index contributed by atoms with van der Waals surface area (Å²) in [7, 11) is 0. The molecule has 2 heterocycles. The molecule has 4 nitrogen and oxygen atoms in total. The topological polar surface area (TPSA) is 45.3 Å². The second-order valence-electron chi connectivity index (χ2n) is 7.43. The number of aromatic amines is 1. The number of aryl methyl sites for hydroxylation is 1. The molecule has 4 rings (SSSR count). The van der Waals surface area contributed by atoms with Gasteiger partial charge in [-0.05, 0) is 18.9 Å². The number of fused-ring (bicyclic) bond motifs is 1.